The Hall–Kier alpha value is -3.12. The van der Waals surface area contributed by atoms with Crippen LogP contribution in [0.5, 0.6) is 0 Å². The molecule has 1 aromatic heterocycles. The SMILES string of the molecule is Cc1ncc(-c2ccc([C@H](C(=O)NO)c3ccccc3F)cc2)cn1. The van der Waals surface area contributed by atoms with Gasteiger partial charge in [0.15, 0.2) is 0 Å². The van der Waals surface area contributed by atoms with E-state index in [1.807, 2.05) is 12.1 Å². The maximum absolute atomic E-state index is 14.1. The van der Waals surface area contributed by atoms with E-state index >= 15 is 0 Å². The lowest BCUT2D eigenvalue weighted by molar-refractivity contribution is -0.129. The van der Waals surface area contributed by atoms with Crippen molar-refractivity contribution in [2.24, 2.45) is 0 Å². The summed E-state index contributed by atoms with van der Waals surface area (Å²) >= 11 is 0. The van der Waals surface area contributed by atoms with Crippen LogP contribution in [0.4, 0.5) is 4.39 Å². The van der Waals surface area contributed by atoms with Gasteiger partial charge in [-0.15, -0.1) is 0 Å². The molecule has 126 valence electrons. The van der Waals surface area contributed by atoms with Gasteiger partial charge in [-0.25, -0.2) is 19.8 Å². The first-order valence-electron chi connectivity index (χ1n) is 7.67. The number of hydroxylamine groups is 1. The summed E-state index contributed by atoms with van der Waals surface area (Å²) in [6, 6.07) is 13.1. The van der Waals surface area contributed by atoms with Gasteiger partial charge in [-0.3, -0.25) is 10.0 Å². The van der Waals surface area contributed by atoms with Crippen LogP contribution < -0.4 is 5.48 Å². The van der Waals surface area contributed by atoms with Crippen molar-refractivity contribution in [3.05, 3.63) is 83.7 Å². The van der Waals surface area contributed by atoms with Crippen molar-refractivity contribution in [3.8, 4) is 11.1 Å². The van der Waals surface area contributed by atoms with E-state index in [9.17, 15) is 9.18 Å². The Morgan fingerprint density at radius 3 is 2.28 bits per heavy atom. The maximum atomic E-state index is 14.1. The van der Waals surface area contributed by atoms with Crippen LogP contribution in [0.3, 0.4) is 0 Å². The van der Waals surface area contributed by atoms with Crippen molar-refractivity contribution in [1.29, 1.82) is 0 Å². The molecule has 0 fully saturated rings. The molecular formula is C19H16FN3O2. The summed E-state index contributed by atoms with van der Waals surface area (Å²) in [6.45, 7) is 1.80. The van der Waals surface area contributed by atoms with Gasteiger partial charge in [0.05, 0.1) is 5.92 Å². The van der Waals surface area contributed by atoms with Crippen molar-refractivity contribution in [2.75, 3.05) is 0 Å². The monoisotopic (exact) mass is 337 g/mol. The number of benzene rings is 2. The van der Waals surface area contributed by atoms with Gasteiger partial charge in [0.25, 0.3) is 5.91 Å². The first-order chi connectivity index (χ1) is 12.1. The zero-order valence-corrected chi connectivity index (χ0v) is 13.5. The van der Waals surface area contributed by atoms with Crippen LogP contribution in [0.1, 0.15) is 22.9 Å². The number of amides is 1. The third-order valence-corrected chi connectivity index (χ3v) is 3.95. The highest BCUT2D eigenvalue weighted by molar-refractivity contribution is 5.86. The Bertz CT molecular complexity index is 880. The number of nitrogens with one attached hydrogen (secondary N) is 1. The topological polar surface area (TPSA) is 75.1 Å². The first kappa shape index (κ1) is 16.7. The Kier molecular flexibility index (Phi) is 4.81. The Morgan fingerprint density at radius 2 is 1.68 bits per heavy atom. The largest absolute Gasteiger partial charge is 0.289 e. The smallest absolute Gasteiger partial charge is 0.255 e. The van der Waals surface area contributed by atoms with Crippen molar-refractivity contribution < 1.29 is 14.4 Å². The summed E-state index contributed by atoms with van der Waals surface area (Å²) in [5.41, 5.74) is 4.09. The minimum absolute atomic E-state index is 0.195. The number of rotatable bonds is 4. The predicted molar refractivity (Wildman–Crippen MR) is 90.4 cm³/mol. The molecule has 6 heteroatoms. The normalized spacial score (nSPS) is 11.8. The molecule has 3 aromatic rings. The van der Waals surface area contributed by atoms with E-state index in [1.165, 1.54) is 12.1 Å². The van der Waals surface area contributed by atoms with Gasteiger partial charge < -0.3 is 0 Å². The lowest BCUT2D eigenvalue weighted by Gasteiger charge is -2.17. The molecule has 0 bridgehead atoms. The Labute approximate surface area is 144 Å². The first-order valence-corrected chi connectivity index (χ1v) is 7.67. The molecule has 25 heavy (non-hydrogen) atoms. The van der Waals surface area contributed by atoms with Crippen LogP contribution in [0, 0.1) is 12.7 Å². The molecule has 0 aliphatic carbocycles. The third kappa shape index (κ3) is 3.54. The molecular weight excluding hydrogens is 321 g/mol. The fourth-order valence-corrected chi connectivity index (χ4v) is 2.66. The molecule has 0 unspecified atom stereocenters. The van der Waals surface area contributed by atoms with E-state index in [1.54, 1.807) is 49.1 Å². The number of aryl methyl sites for hydroxylation is 1. The van der Waals surface area contributed by atoms with Gasteiger partial charge in [-0.2, -0.15) is 0 Å². The van der Waals surface area contributed by atoms with Gasteiger partial charge in [0, 0.05) is 23.5 Å². The molecule has 1 atom stereocenters. The lowest BCUT2D eigenvalue weighted by Crippen LogP contribution is -2.27. The van der Waals surface area contributed by atoms with E-state index in [-0.39, 0.29) is 5.56 Å². The standard InChI is InChI=1S/C19H16FN3O2/c1-12-21-10-15(11-22-12)13-6-8-14(9-7-13)18(19(24)23-25)16-4-2-3-5-17(16)20/h2-11,18,25H,1H3,(H,23,24)/t18-/m0/s1. The average molecular weight is 337 g/mol. The zero-order valence-electron chi connectivity index (χ0n) is 13.5. The summed E-state index contributed by atoms with van der Waals surface area (Å²) in [7, 11) is 0. The Morgan fingerprint density at radius 1 is 1.04 bits per heavy atom. The molecule has 2 N–H and O–H groups in total. The van der Waals surface area contributed by atoms with Gasteiger partial charge >= 0.3 is 0 Å². The van der Waals surface area contributed by atoms with Crippen LogP contribution in [-0.4, -0.2) is 21.1 Å². The van der Waals surface area contributed by atoms with E-state index < -0.39 is 17.6 Å². The summed E-state index contributed by atoms with van der Waals surface area (Å²) in [4.78, 5) is 20.4. The number of hydrogen-bond donors (Lipinski definition) is 2. The average Bonchev–Trinajstić information content (AvgIpc) is 2.64. The number of carbonyl (C=O) groups is 1. The second-order valence-electron chi connectivity index (χ2n) is 5.57. The van der Waals surface area contributed by atoms with Gasteiger partial charge in [0.2, 0.25) is 0 Å². The zero-order chi connectivity index (χ0) is 17.8. The fraction of sp³-hybridized carbons (Fsp3) is 0.105. The van der Waals surface area contributed by atoms with Gasteiger partial charge in [0.1, 0.15) is 11.6 Å². The van der Waals surface area contributed by atoms with E-state index in [0.717, 1.165) is 11.1 Å². The van der Waals surface area contributed by atoms with Crippen molar-refractivity contribution in [3.63, 3.8) is 0 Å². The van der Waals surface area contributed by atoms with E-state index in [4.69, 9.17) is 5.21 Å². The molecule has 1 heterocycles. The van der Waals surface area contributed by atoms with Crippen LogP contribution in [0.25, 0.3) is 11.1 Å². The molecule has 2 aromatic carbocycles. The molecule has 5 nitrogen and oxygen atoms in total. The minimum Gasteiger partial charge on any atom is -0.289 e. The van der Waals surface area contributed by atoms with Crippen LogP contribution in [0.2, 0.25) is 0 Å². The molecule has 0 radical (unpaired) electrons. The molecule has 1 amide bonds. The minimum atomic E-state index is -0.950. The lowest BCUT2D eigenvalue weighted by atomic mass is 9.89. The Balaban J connectivity index is 1.98. The molecule has 0 aliphatic heterocycles. The molecule has 0 aliphatic rings. The van der Waals surface area contributed by atoms with Crippen LogP contribution in [0.15, 0.2) is 60.9 Å². The van der Waals surface area contributed by atoms with Crippen molar-refractivity contribution >= 4 is 5.91 Å². The van der Waals surface area contributed by atoms with Crippen molar-refractivity contribution in [2.45, 2.75) is 12.8 Å². The molecule has 0 spiro atoms. The fourth-order valence-electron chi connectivity index (χ4n) is 2.66. The molecule has 0 saturated carbocycles. The second-order valence-corrected chi connectivity index (χ2v) is 5.57. The quantitative estimate of drug-likeness (QED) is 0.566. The van der Waals surface area contributed by atoms with Crippen LogP contribution in [-0.2, 0) is 4.79 Å². The molecule has 0 saturated heterocycles. The molecule has 3 rings (SSSR count). The summed E-state index contributed by atoms with van der Waals surface area (Å²) < 4.78 is 14.1. The maximum Gasteiger partial charge on any atom is 0.255 e. The highest BCUT2D eigenvalue weighted by Crippen LogP contribution is 2.29. The highest BCUT2D eigenvalue weighted by atomic mass is 19.1. The third-order valence-electron chi connectivity index (χ3n) is 3.95. The number of nitrogens with zero attached hydrogens (tertiary/aromatic N) is 2. The summed E-state index contributed by atoms with van der Waals surface area (Å²) in [6.07, 6.45) is 3.43. The number of hydrogen-bond acceptors (Lipinski definition) is 4. The van der Waals surface area contributed by atoms with Gasteiger partial charge in [-0.1, -0.05) is 42.5 Å². The second kappa shape index (κ2) is 7.19. The number of aromatic nitrogens is 2. The van der Waals surface area contributed by atoms with Crippen molar-refractivity contribution in [1.82, 2.24) is 15.4 Å². The van der Waals surface area contributed by atoms with E-state index in [2.05, 4.69) is 9.97 Å². The number of carbonyl (C=O) groups excluding carboxylic acids is 1. The predicted octanol–water partition coefficient (Wildman–Crippen LogP) is 3.23. The van der Waals surface area contributed by atoms with E-state index in [0.29, 0.717) is 11.4 Å². The highest BCUT2D eigenvalue weighted by Gasteiger charge is 2.25. The summed E-state index contributed by atoms with van der Waals surface area (Å²) in [5, 5.41) is 9.04. The van der Waals surface area contributed by atoms with Crippen LogP contribution >= 0.6 is 0 Å². The summed E-state index contributed by atoms with van der Waals surface area (Å²) in [5.74, 6) is -1.47. The number of halogens is 1. The van der Waals surface area contributed by atoms with Gasteiger partial charge in [-0.05, 0) is 24.1 Å².